The lowest BCUT2D eigenvalue weighted by atomic mass is 9.93. The maximum atomic E-state index is 13.6. The van der Waals surface area contributed by atoms with E-state index in [2.05, 4.69) is 0 Å². The molecule has 1 fully saturated rings. The second-order valence-electron chi connectivity index (χ2n) is 5.32. The number of benzene rings is 1. The van der Waals surface area contributed by atoms with E-state index in [1.165, 1.54) is 12.0 Å². The molecule has 1 aliphatic rings. The van der Waals surface area contributed by atoms with Crippen molar-refractivity contribution in [3.63, 3.8) is 0 Å². The van der Waals surface area contributed by atoms with E-state index in [9.17, 15) is 13.6 Å². The number of carbonyl (C=O) groups excluding carboxylic acids is 1. The Bertz CT molecular complexity index is 534. The summed E-state index contributed by atoms with van der Waals surface area (Å²) in [6.45, 7) is 1.01. The van der Waals surface area contributed by atoms with Crippen LogP contribution in [0.25, 0.3) is 0 Å². The minimum absolute atomic E-state index is 0.00615. The highest BCUT2D eigenvalue weighted by Crippen LogP contribution is 2.34. The van der Waals surface area contributed by atoms with Gasteiger partial charge in [0.25, 0.3) is 11.8 Å². The van der Waals surface area contributed by atoms with E-state index in [-0.39, 0.29) is 19.0 Å². The summed E-state index contributed by atoms with van der Waals surface area (Å²) in [6.07, 6.45) is -0.417. The monoisotopic (exact) mass is 299 g/mol. The number of nitrogens with zero attached hydrogens (tertiary/aromatic N) is 1. The number of carbonyl (C=O) groups is 1. The van der Waals surface area contributed by atoms with Crippen molar-refractivity contribution in [2.75, 3.05) is 26.8 Å². The van der Waals surface area contributed by atoms with Gasteiger partial charge in [0.05, 0.1) is 19.6 Å². The minimum Gasteiger partial charge on any atom is -0.497 e. The summed E-state index contributed by atoms with van der Waals surface area (Å²) in [5.41, 5.74) is 1.20. The van der Waals surface area contributed by atoms with E-state index < -0.39 is 24.9 Å². The Hall–Kier alpha value is -1.69. The number of rotatable bonds is 3. The quantitative estimate of drug-likeness (QED) is 0.930. The molecule has 0 aliphatic carbocycles. The van der Waals surface area contributed by atoms with E-state index >= 15 is 0 Å². The molecule has 2 rings (SSSR count). The average Bonchev–Trinajstić information content (AvgIpc) is 2.46. The normalized spacial score (nSPS) is 21.2. The van der Waals surface area contributed by atoms with Gasteiger partial charge in [-0.2, -0.15) is 0 Å². The number of piperidine rings is 1. The van der Waals surface area contributed by atoms with E-state index in [4.69, 9.17) is 9.84 Å². The molecule has 1 aromatic rings. The van der Waals surface area contributed by atoms with E-state index in [0.29, 0.717) is 11.3 Å². The number of hydrogen-bond acceptors (Lipinski definition) is 3. The fourth-order valence-corrected chi connectivity index (χ4v) is 2.53. The smallest absolute Gasteiger partial charge is 0.256 e. The third-order valence-electron chi connectivity index (χ3n) is 3.92. The molecule has 116 valence electrons. The van der Waals surface area contributed by atoms with Crippen LogP contribution in [0.5, 0.6) is 5.75 Å². The number of alkyl halides is 2. The average molecular weight is 299 g/mol. The molecule has 1 saturated heterocycles. The summed E-state index contributed by atoms with van der Waals surface area (Å²) < 4.78 is 32.2. The lowest BCUT2D eigenvalue weighted by Crippen LogP contribution is -2.50. The summed E-state index contributed by atoms with van der Waals surface area (Å²) in [7, 11) is 1.54. The summed E-state index contributed by atoms with van der Waals surface area (Å²) in [6, 6.07) is 5.04. The van der Waals surface area contributed by atoms with Crippen LogP contribution in [-0.4, -0.2) is 48.6 Å². The predicted octanol–water partition coefficient (Wildman–Crippen LogP) is 2.09. The highest BCUT2D eigenvalue weighted by Gasteiger charge is 2.44. The number of methoxy groups -OCH3 is 1. The molecule has 1 amide bonds. The van der Waals surface area contributed by atoms with Gasteiger partial charge in [0.2, 0.25) is 0 Å². The predicted molar refractivity (Wildman–Crippen MR) is 73.8 cm³/mol. The molecule has 1 aromatic carbocycles. The van der Waals surface area contributed by atoms with E-state index in [1.54, 1.807) is 25.1 Å². The maximum absolute atomic E-state index is 13.6. The summed E-state index contributed by atoms with van der Waals surface area (Å²) in [4.78, 5) is 13.8. The van der Waals surface area contributed by atoms with Crippen molar-refractivity contribution >= 4 is 5.91 Å². The highest BCUT2D eigenvalue weighted by atomic mass is 19.3. The maximum Gasteiger partial charge on any atom is 0.256 e. The molecule has 6 heteroatoms. The molecule has 1 heterocycles. The fourth-order valence-electron chi connectivity index (χ4n) is 2.53. The van der Waals surface area contributed by atoms with Gasteiger partial charge in [-0.05, 0) is 30.7 Å². The van der Waals surface area contributed by atoms with Crippen molar-refractivity contribution in [2.24, 2.45) is 5.92 Å². The first-order chi connectivity index (χ1) is 9.89. The first-order valence-electron chi connectivity index (χ1n) is 6.81. The molecule has 1 unspecified atom stereocenters. The first kappa shape index (κ1) is 15.7. The molecule has 0 saturated carbocycles. The molecule has 21 heavy (non-hydrogen) atoms. The fraction of sp³-hybridized carbons (Fsp3) is 0.533. The topological polar surface area (TPSA) is 49.8 Å². The van der Waals surface area contributed by atoms with Crippen molar-refractivity contribution in [2.45, 2.75) is 19.3 Å². The Morgan fingerprint density at radius 3 is 2.81 bits per heavy atom. The number of aryl methyl sites for hydroxylation is 1. The highest BCUT2D eigenvalue weighted by molar-refractivity contribution is 5.95. The van der Waals surface area contributed by atoms with Crippen LogP contribution in [0.15, 0.2) is 18.2 Å². The number of halogens is 2. The number of amides is 1. The van der Waals surface area contributed by atoms with E-state index in [0.717, 1.165) is 5.56 Å². The Morgan fingerprint density at radius 2 is 2.24 bits per heavy atom. The molecule has 1 N–H and O–H groups in total. The molecule has 4 nitrogen and oxygen atoms in total. The zero-order chi connectivity index (χ0) is 15.6. The third kappa shape index (κ3) is 3.15. The van der Waals surface area contributed by atoms with Crippen LogP contribution in [0.2, 0.25) is 0 Å². The number of likely N-dealkylation sites (tertiary alicyclic amines) is 1. The standard InChI is InChI=1S/C15H19F2NO3/c1-10-7-12(21-2)3-4-13(10)14(20)18-6-5-15(16,17)11(8-18)9-19/h3-4,7,11,19H,5-6,8-9H2,1-2H3. The van der Waals surface area contributed by atoms with Gasteiger partial charge in [-0.25, -0.2) is 8.78 Å². The molecule has 0 radical (unpaired) electrons. The molecule has 0 bridgehead atoms. The van der Waals surface area contributed by atoms with Crippen molar-refractivity contribution in [3.8, 4) is 5.75 Å². The minimum atomic E-state index is -2.92. The van der Waals surface area contributed by atoms with Crippen LogP contribution >= 0.6 is 0 Å². The molecule has 0 aromatic heterocycles. The second-order valence-corrected chi connectivity index (χ2v) is 5.32. The first-order valence-corrected chi connectivity index (χ1v) is 6.81. The Kier molecular flexibility index (Phi) is 4.46. The number of hydrogen-bond donors (Lipinski definition) is 1. The van der Waals surface area contributed by atoms with Crippen molar-refractivity contribution in [3.05, 3.63) is 29.3 Å². The summed E-state index contributed by atoms with van der Waals surface area (Å²) in [5.74, 6) is -3.76. The van der Waals surface area contributed by atoms with Crippen molar-refractivity contribution < 1.29 is 23.4 Å². The van der Waals surface area contributed by atoms with Gasteiger partial charge in [0, 0.05) is 25.1 Å². The molecule has 0 spiro atoms. The summed E-state index contributed by atoms with van der Waals surface area (Å²) in [5, 5.41) is 9.09. The van der Waals surface area contributed by atoms with Crippen LogP contribution in [0.3, 0.4) is 0 Å². The number of ether oxygens (including phenoxy) is 1. The largest absolute Gasteiger partial charge is 0.497 e. The van der Waals surface area contributed by atoms with Gasteiger partial charge in [-0.3, -0.25) is 4.79 Å². The Labute approximate surface area is 122 Å². The Morgan fingerprint density at radius 1 is 1.52 bits per heavy atom. The van der Waals surface area contributed by atoms with Crippen LogP contribution < -0.4 is 4.74 Å². The van der Waals surface area contributed by atoms with E-state index in [1.807, 2.05) is 0 Å². The van der Waals surface area contributed by atoms with Crippen LogP contribution in [0.1, 0.15) is 22.3 Å². The second kappa shape index (κ2) is 5.97. The molecular weight excluding hydrogens is 280 g/mol. The lowest BCUT2D eigenvalue weighted by molar-refractivity contribution is -0.113. The zero-order valence-corrected chi connectivity index (χ0v) is 12.1. The van der Waals surface area contributed by atoms with Crippen LogP contribution in [0.4, 0.5) is 8.78 Å². The molecular formula is C15H19F2NO3. The summed E-state index contributed by atoms with van der Waals surface area (Å²) >= 11 is 0. The third-order valence-corrected chi connectivity index (χ3v) is 3.92. The lowest BCUT2D eigenvalue weighted by Gasteiger charge is -2.37. The van der Waals surface area contributed by atoms with Crippen molar-refractivity contribution in [1.82, 2.24) is 4.90 Å². The van der Waals surface area contributed by atoms with Gasteiger partial charge in [-0.15, -0.1) is 0 Å². The Balaban J connectivity index is 2.17. The molecule has 1 atom stereocenters. The van der Waals surface area contributed by atoms with Crippen LogP contribution in [0, 0.1) is 12.8 Å². The van der Waals surface area contributed by atoms with Gasteiger partial charge >= 0.3 is 0 Å². The SMILES string of the molecule is COc1ccc(C(=O)N2CCC(F)(F)C(CO)C2)c(C)c1. The van der Waals surface area contributed by atoms with Gasteiger partial charge < -0.3 is 14.7 Å². The zero-order valence-electron chi connectivity index (χ0n) is 12.1. The van der Waals surface area contributed by atoms with Gasteiger partial charge in [-0.1, -0.05) is 0 Å². The van der Waals surface area contributed by atoms with Gasteiger partial charge in [0.15, 0.2) is 0 Å². The van der Waals surface area contributed by atoms with Crippen LogP contribution in [-0.2, 0) is 0 Å². The number of aliphatic hydroxyl groups is 1. The molecule has 1 aliphatic heterocycles. The van der Waals surface area contributed by atoms with Gasteiger partial charge in [0.1, 0.15) is 5.75 Å². The van der Waals surface area contributed by atoms with Crippen molar-refractivity contribution in [1.29, 1.82) is 0 Å². The number of aliphatic hydroxyl groups excluding tert-OH is 1.